The SMILES string of the molecule is COc1ccc(CC(=O)N2CCC(NCC3CC3)CC2)cc1OC.Cl. The number of rotatable bonds is 7. The van der Waals surface area contributed by atoms with E-state index in [0.29, 0.717) is 24.0 Å². The van der Waals surface area contributed by atoms with E-state index in [0.717, 1.165) is 44.0 Å². The fraction of sp³-hybridized carbons (Fsp3) is 0.632. The Kier molecular flexibility index (Phi) is 7.38. The summed E-state index contributed by atoms with van der Waals surface area (Å²) in [5.74, 6) is 2.47. The lowest BCUT2D eigenvalue weighted by molar-refractivity contribution is -0.131. The average molecular weight is 369 g/mol. The van der Waals surface area contributed by atoms with Gasteiger partial charge in [0.25, 0.3) is 0 Å². The van der Waals surface area contributed by atoms with E-state index in [1.165, 1.54) is 12.8 Å². The number of halogens is 1. The molecular weight excluding hydrogens is 340 g/mol. The van der Waals surface area contributed by atoms with Crippen molar-refractivity contribution in [3.63, 3.8) is 0 Å². The summed E-state index contributed by atoms with van der Waals surface area (Å²) in [6, 6.07) is 6.26. The van der Waals surface area contributed by atoms with E-state index in [1.807, 2.05) is 23.1 Å². The minimum atomic E-state index is 0. The van der Waals surface area contributed by atoms with Crippen LogP contribution < -0.4 is 14.8 Å². The monoisotopic (exact) mass is 368 g/mol. The summed E-state index contributed by atoms with van der Waals surface area (Å²) in [4.78, 5) is 14.5. The van der Waals surface area contributed by atoms with Gasteiger partial charge in [-0.15, -0.1) is 12.4 Å². The predicted molar refractivity (Wildman–Crippen MR) is 101 cm³/mol. The normalized spacial score (nSPS) is 17.8. The fourth-order valence-electron chi connectivity index (χ4n) is 3.27. The van der Waals surface area contributed by atoms with Gasteiger partial charge in [0.1, 0.15) is 0 Å². The van der Waals surface area contributed by atoms with Gasteiger partial charge in [0.2, 0.25) is 5.91 Å². The van der Waals surface area contributed by atoms with Crippen LogP contribution in [0.25, 0.3) is 0 Å². The van der Waals surface area contributed by atoms with E-state index >= 15 is 0 Å². The molecule has 1 aromatic rings. The van der Waals surface area contributed by atoms with Crippen molar-refractivity contribution >= 4 is 18.3 Å². The largest absolute Gasteiger partial charge is 0.493 e. The number of hydrogen-bond donors (Lipinski definition) is 1. The van der Waals surface area contributed by atoms with Gasteiger partial charge in [-0.25, -0.2) is 0 Å². The molecule has 1 amide bonds. The number of carbonyl (C=O) groups excluding carboxylic acids is 1. The molecule has 0 atom stereocenters. The van der Waals surface area contributed by atoms with Crippen LogP contribution in [0.15, 0.2) is 18.2 Å². The standard InChI is InChI=1S/C19H28N2O3.ClH/c1-23-17-6-5-15(11-18(17)24-2)12-19(22)21-9-7-16(8-10-21)20-13-14-3-4-14;/h5-6,11,14,16,20H,3-4,7-10,12-13H2,1-2H3;1H. The van der Waals surface area contributed by atoms with Crippen molar-refractivity contribution in [3.8, 4) is 11.5 Å². The zero-order valence-electron chi connectivity index (χ0n) is 15.1. The molecule has 1 saturated carbocycles. The first-order chi connectivity index (χ1) is 11.7. The Morgan fingerprint density at radius 2 is 1.80 bits per heavy atom. The Morgan fingerprint density at radius 1 is 1.12 bits per heavy atom. The summed E-state index contributed by atoms with van der Waals surface area (Å²) in [5, 5.41) is 3.65. The van der Waals surface area contributed by atoms with Crippen LogP contribution in [0, 0.1) is 5.92 Å². The van der Waals surface area contributed by atoms with E-state index in [9.17, 15) is 4.79 Å². The van der Waals surface area contributed by atoms with Gasteiger partial charge in [0.15, 0.2) is 11.5 Å². The summed E-state index contributed by atoms with van der Waals surface area (Å²) >= 11 is 0. The molecule has 140 valence electrons. The van der Waals surface area contributed by atoms with Crippen LogP contribution in [-0.4, -0.2) is 50.7 Å². The van der Waals surface area contributed by atoms with Crippen LogP contribution in [0.5, 0.6) is 11.5 Å². The Balaban J connectivity index is 0.00000225. The Bertz CT molecular complexity index is 570. The molecule has 0 spiro atoms. The van der Waals surface area contributed by atoms with Crippen molar-refractivity contribution < 1.29 is 14.3 Å². The zero-order chi connectivity index (χ0) is 16.9. The number of hydrogen-bond acceptors (Lipinski definition) is 4. The minimum Gasteiger partial charge on any atom is -0.493 e. The maximum atomic E-state index is 12.5. The first kappa shape index (κ1) is 19.9. The first-order valence-corrected chi connectivity index (χ1v) is 8.91. The molecule has 5 nitrogen and oxygen atoms in total. The zero-order valence-corrected chi connectivity index (χ0v) is 15.9. The van der Waals surface area contributed by atoms with Crippen LogP contribution in [0.4, 0.5) is 0 Å². The number of amides is 1. The highest BCUT2D eigenvalue weighted by molar-refractivity contribution is 5.85. The third kappa shape index (κ3) is 5.51. The second-order valence-corrected chi connectivity index (χ2v) is 6.87. The number of benzene rings is 1. The lowest BCUT2D eigenvalue weighted by Gasteiger charge is -2.32. The van der Waals surface area contributed by atoms with Gasteiger partial charge in [-0.2, -0.15) is 0 Å². The molecule has 6 heteroatoms. The smallest absolute Gasteiger partial charge is 0.226 e. The molecule has 3 rings (SSSR count). The Labute approximate surface area is 156 Å². The molecule has 1 saturated heterocycles. The number of carbonyl (C=O) groups is 1. The molecule has 1 N–H and O–H groups in total. The van der Waals surface area contributed by atoms with Gasteiger partial charge in [0, 0.05) is 19.1 Å². The first-order valence-electron chi connectivity index (χ1n) is 8.91. The molecule has 1 aliphatic carbocycles. The van der Waals surface area contributed by atoms with Crippen molar-refractivity contribution in [2.24, 2.45) is 5.92 Å². The number of piperidine rings is 1. The topological polar surface area (TPSA) is 50.8 Å². The van der Waals surface area contributed by atoms with Gasteiger partial charge in [-0.3, -0.25) is 4.79 Å². The molecule has 0 bridgehead atoms. The molecule has 2 fully saturated rings. The third-order valence-electron chi connectivity index (χ3n) is 5.04. The van der Waals surface area contributed by atoms with Crippen molar-refractivity contribution in [1.82, 2.24) is 10.2 Å². The van der Waals surface area contributed by atoms with Crippen LogP contribution in [0.1, 0.15) is 31.2 Å². The molecular formula is C19H29ClN2O3. The van der Waals surface area contributed by atoms with E-state index < -0.39 is 0 Å². The third-order valence-corrected chi connectivity index (χ3v) is 5.04. The molecule has 0 aromatic heterocycles. The lowest BCUT2D eigenvalue weighted by atomic mass is 10.0. The van der Waals surface area contributed by atoms with E-state index in [-0.39, 0.29) is 18.3 Å². The molecule has 1 aliphatic heterocycles. The maximum absolute atomic E-state index is 12.5. The number of nitrogens with zero attached hydrogens (tertiary/aromatic N) is 1. The summed E-state index contributed by atoms with van der Waals surface area (Å²) in [7, 11) is 3.23. The van der Waals surface area contributed by atoms with Gasteiger partial charge in [-0.1, -0.05) is 6.07 Å². The molecule has 0 unspecified atom stereocenters. The summed E-state index contributed by atoms with van der Waals surface area (Å²) in [5.41, 5.74) is 0.964. The predicted octanol–water partition coefficient (Wildman–Crippen LogP) is 2.66. The molecule has 25 heavy (non-hydrogen) atoms. The van der Waals surface area contributed by atoms with Gasteiger partial charge < -0.3 is 19.7 Å². The Hall–Kier alpha value is -1.46. The van der Waals surface area contributed by atoms with Crippen molar-refractivity contribution in [1.29, 1.82) is 0 Å². The molecule has 1 aromatic carbocycles. The lowest BCUT2D eigenvalue weighted by Crippen LogP contribution is -2.45. The Morgan fingerprint density at radius 3 is 2.40 bits per heavy atom. The van der Waals surface area contributed by atoms with Gasteiger partial charge in [0.05, 0.1) is 20.6 Å². The van der Waals surface area contributed by atoms with E-state index in [1.54, 1.807) is 14.2 Å². The van der Waals surface area contributed by atoms with Crippen LogP contribution in [0.2, 0.25) is 0 Å². The van der Waals surface area contributed by atoms with Crippen LogP contribution in [0.3, 0.4) is 0 Å². The highest BCUT2D eigenvalue weighted by Gasteiger charge is 2.26. The highest BCUT2D eigenvalue weighted by Crippen LogP contribution is 2.29. The molecule has 2 aliphatic rings. The summed E-state index contributed by atoms with van der Waals surface area (Å²) in [6.07, 6.45) is 5.31. The van der Waals surface area contributed by atoms with E-state index in [4.69, 9.17) is 9.47 Å². The molecule has 1 heterocycles. The average Bonchev–Trinajstić information content (AvgIpc) is 3.44. The van der Waals surface area contributed by atoms with Gasteiger partial charge in [-0.05, 0) is 55.8 Å². The van der Waals surface area contributed by atoms with Crippen LogP contribution >= 0.6 is 12.4 Å². The van der Waals surface area contributed by atoms with Gasteiger partial charge >= 0.3 is 0 Å². The van der Waals surface area contributed by atoms with Crippen LogP contribution in [-0.2, 0) is 11.2 Å². The summed E-state index contributed by atoms with van der Waals surface area (Å²) in [6.45, 7) is 2.87. The minimum absolute atomic E-state index is 0. The fourth-order valence-corrected chi connectivity index (χ4v) is 3.27. The van der Waals surface area contributed by atoms with E-state index in [2.05, 4.69) is 5.32 Å². The number of methoxy groups -OCH3 is 2. The van der Waals surface area contributed by atoms with Crippen molar-refractivity contribution in [3.05, 3.63) is 23.8 Å². The second kappa shape index (κ2) is 9.30. The maximum Gasteiger partial charge on any atom is 0.226 e. The highest BCUT2D eigenvalue weighted by atomic mass is 35.5. The summed E-state index contributed by atoms with van der Waals surface area (Å²) < 4.78 is 10.6. The number of ether oxygens (including phenoxy) is 2. The van der Waals surface area contributed by atoms with Crippen molar-refractivity contribution in [2.45, 2.75) is 38.1 Å². The second-order valence-electron chi connectivity index (χ2n) is 6.87. The number of likely N-dealkylation sites (tertiary alicyclic amines) is 1. The van der Waals surface area contributed by atoms with Crippen molar-refractivity contribution in [2.75, 3.05) is 33.9 Å². The molecule has 0 radical (unpaired) electrons. The number of nitrogens with one attached hydrogen (secondary N) is 1. The quantitative estimate of drug-likeness (QED) is 0.803.